The molecule has 0 atom stereocenters. The van der Waals surface area contributed by atoms with Crippen LogP contribution in [0.15, 0.2) is 36.4 Å². The van der Waals surface area contributed by atoms with Crippen molar-refractivity contribution in [2.45, 2.75) is 45.1 Å². The minimum Gasteiger partial charge on any atom is -0.491 e. The highest BCUT2D eigenvalue weighted by atomic mass is 35.5. The Morgan fingerprint density at radius 3 is 2.67 bits per heavy atom. The van der Waals surface area contributed by atoms with Gasteiger partial charge in [-0.3, -0.25) is 9.59 Å². The quantitative estimate of drug-likeness (QED) is 0.706. The Kier molecular flexibility index (Phi) is 5.74. The second-order valence-corrected chi connectivity index (χ2v) is 8.66. The highest BCUT2D eigenvalue weighted by molar-refractivity contribution is 6.32. The number of ketones is 1. The van der Waals surface area contributed by atoms with Gasteiger partial charge in [0.2, 0.25) is 5.91 Å². The number of likely N-dealkylation sites (tertiary alicyclic amines) is 1. The van der Waals surface area contributed by atoms with Gasteiger partial charge in [0.1, 0.15) is 17.1 Å². The van der Waals surface area contributed by atoms with E-state index in [-0.39, 0.29) is 18.3 Å². The third kappa shape index (κ3) is 4.17. The molecule has 0 N–H and O–H groups in total. The Hall–Kier alpha value is -2.53. The lowest BCUT2D eigenvalue weighted by Gasteiger charge is -2.44. The summed E-state index contributed by atoms with van der Waals surface area (Å²) in [5.74, 6) is 1.47. The molecule has 1 saturated heterocycles. The molecule has 2 heterocycles. The molecule has 158 valence electrons. The van der Waals surface area contributed by atoms with Crippen LogP contribution in [0.1, 0.15) is 47.2 Å². The number of Topliss-reactive ketones (excluding diaryl/α,β-unsaturated/α-hetero) is 1. The van der Waals surface area contributed by atoms with Gasteiger partial charge < -0.3 is 14.4 Å². The SMILES string of the molecule is Cc1cc(C)c2c(c1)OC1(CCN(C(=O)CCOc3ccccc3Cl)CC1)CC2=O. The van der Waals surface area contributed by atoms with Gasteiger partial charge in [0.05, 0.1) is 30.0 Å². The smallest absolute Gasteiger partial charge is 0.226 e. The molecule has 0 bridgehead atoms. The predicted molar refractivity (Wildman–Crippen MR) is 116 cm³/mol. The van der Waals surface area contributed by atoms with Crippen LogP contribution in [0, 0.1) is 13.8 Å². The van der Waals surface area contributed by atoms with Crippen LogP contribution in [0.2, 0.25) is 5.02 Å². The number of para-hydroxylation sites is 1. The van der Waals surface area contributed by atoms with Crippen molar-refractivity contribution in [1.29, 1.82) is 0 Å². The molecule has 0 radical (unpaired) electrons. The number of amides is 1. The number of nitrogens with zero attached hydrogens (tertiary/aromatic N) is 1. The van der Waals surface area contributed by atoms with E-state index in [4.69, 9.17) is 21.1 Å². The van der Waals surface area contributed by atoms with Crippen LogP contribution >= 0.6 is 11.6 Å². The number of halogens is 1. The van der Waals surface area contributed by atoms with Gasteiger partial charge >= 0.3 is 0 Å². The van der Waals surface area contributed by atoms with Crippen LogP contribution in [0.3, 0.4) is 0 Å². The predicted octanol–water partition coefficient (Wildman–Crippen LogP) is 4.75. The van der Waals surface area contributed by atoms with Crippen molar-refractivity contribution in [2.75, 3.05) is 19.7 Å². The monoisotopic (exact) mass is 427 g/mol. The highest BCUT2D eigenvalue weighted by Crippen LogP contribution is 2.41. The zero-order valence-electron chi connectivity index (χ0n) is 17.4. The molecule has 2 aliphatic heterocycles. The Bertz CT molecular complexity index is 979. The van der Waals surface area contributed by atoms with Crippen molar-refractivity contribution < 1.29 is 19.1 Å². The van der Waals surface area contributed by atoms with Crippen molar-refractivity contribution >= 4 is 23.3 Å². The minimum atomic E-state index is -0.505. The Morgan fingerprint density at radius 2 is 1.93 bits per heavy atom. The zero-order valence-corrected chi connectivity index (χ0v) is 18.1. The molecule has 0 unspecified atom stereocenters. The van der Waals surface area contributed by atoms with Crippen LogP contribution < -0.4 is 9.47 Å². The lowest BCUT2D eigenvalue weighted by molar-refractivity contribution is -0.135. The minimum absolute atomic E-state index is 0.0473. The number of piperidine rings is 1. The second-order valence-electron chi connectivity index (χ2n) is 8.25. The molecule has 1 fully saturated rings. The van der Waals surface area contributed by atoms with E-state index in [9.17, 15) is 9.59 Å². The van der Waals surface area contributed by atoms with Gasteiger partial charge in [0.15, 0.2) is 5.78 Å². The number of fused-ring (bicyclic) bond motifs is 1. The lowest BCUT2D eigenvalue weighted by atomic mass is 9.81. The Labute approximate surface area is 181 Å². The molecule has 2 aromatic rings. The summed E-state index contributed by atoms with van der Waals surface area (Å²) in [6.45, 7) is 5.41. The normalized spacial score (nSPS) is 17.4. The van der Waals surface area contributed by atoms with E-state index in [1.54, 1.807) is 12.1 Å². The maximum absolute atomic E-state index is 12.8. The number of ether oxygens (including phenoxy) is 2. The maximum Gasteiger partial charge on any atom is 0.226 e. The fourth-order valence-corrected chi connectivity index (χ4v) is 4.62. The molecular formula is C24H26ClNO4. The molecule has 6 heteroatoms. The van der Waals surface area contributed by atoms with Gasteiger partial charge in [-0.1, -0.05) is 29.8 Å². The molecule has 1 amide bonds. The molecule has 0 aliphatic carbocycles. The zero-order chi connectivity index (χ0) is 21.3. The first-order chi connectivity index (χ1) is 14.4. The number of aryl methyl sites for hydroxylation is 2. The summed E-state index contributed by atoms with van der Waals surface area (Å²) in [6, 6.07) is 11.2. The largest absolute Gasteiger partial charge is 0.491 e. The van der Waals surface area contributed by atoms with Crippen molar-refractivity contribution in [3.63, 3.8) is 0 Å². The van der Waals surface area contributed by atoms with E-state index in [2.05, 4.69) is 0 Å². The number of rotatable bonds is 4. The molecule has 2 aliphatic rings. The highest BCUT2D eigenvalue weighted by Gasteiger charge is 2.44. The summed E-state index contributed by atoms with van der Waals surface area (Å²) in [6.07, 6.45) is 1.98. The van der Waals surface area contributed by atoms with Gasteiger partial charge in [-0.15, -0.1) is 0 Å². The molecule has 5 nitrogen and oxygen atoms in total. The summed E-state index contributed by atoms with van der Waals surface area (Å²) >= 11 is 6.08. The molecule has 0 saturated carbocycles. The molecule has 1 spiro atoms. The number of carbonyl (C=O) groups excluding carboxylic acids is 2. The van der Waals surface area contributed by atoms with Gasteiger partial charge in [-0.05, 0) is 43.2 Å². The number of benzene rings is 2. The van der Waals surface area contributed by atoms with Crippen molar-refractivity contribution in [3.8, 4) is 11.5 Å². The van der Waals surface area contributed by atoms with Crippen LogP contribution in [-0.2, 0) is 4.79 Å². The van der Waals surface area contributed by atoms with Crippen LogP contribution in [0.4, 0.5) is 0 Å². The first-order valence-electron chi connectivity index (χ1n) is 10.4. The van der Waals surface area contributed by atoms with E-state index in [0.29, 0.717) is 60.9 Å². The van der Waals surface area contributed by atoms with Crippen LogP contribution in [0.25, 0.3) is 0 Å². The van der Waals surface area contributed by atoms with E-state index in [0.717, 1.165) is 11.1 Å². The van der Waals surface area contributed by atoms with E-state index in [1.807, 2.05) is 43.0 Å². The number of hydrogen-bond acceptors (Lipinski definition) is 4. The fourth-order valence-electron chi connectivity index (χ4n) is 4.43. The molecule has 30 heavy (non-hydrogen) atoms. The van der Waals surface area contributed by atoms with Gasteiger partial charge in [0, 0.05) is 25.9 Å². The van der Waals surface area contributed by atoms with Crippen molar-refractivity contribution in [1.82, 2.24) is 4.90 Å². The Morgan fingerprint density at radius 1 is 1.20 bits per heavy atom. The van der Waals surface area contributed by atoms with Crippen LogP contribution in [0.5, 0.6) is 11.5 Å². The molecule has 0 aromatic heterocycles. The van der Waals surface area contributed by atoms with E-state index in [1.165, 1.54) is 0 Å². The van der Waals surface area contributed by atoms with E-state index >= 15 is 0 Å². The second kappa shape index (κ2) is 8.31. The van der Waals surface area contributed by atoms with Crippen LogP contribution in [-0.4, -0.2) is 41.9 Å². The molecular weight excluding hydrogens is 402 g/mol. The lowest BCUT2D eigenvalue weighted by Crippen LogP contribution is -2.52. The average molecular weight is 428 g/mol. The number of carbonyl (C=O) groups is 2. The number of hydrogen-bond donors (Lipinski definition) is 0. The molecule has 2 aromatic carbocycles. The third-order valence-corrected chi connectivity index (χ3v) is 6.28. The van der Waals surface area contributed by atoms with Crippen molar-refractivity contribution in [3.05, 3.63) is 58.1 Å². The van der Waals surface area contributed by atoms with Crippen molar-refractivity contribution in [2.24, 2.45) is 0 Å². The average Bonchev–Trinajstić information content (AvgIpc) is 2.69. The standard InChI is InChI=1S/C24H26ClNO4/c1-16-13-17(2)23-19(27)15-24(30-21(23)14-16)8-10-26(11-9-24)22(28)7-12-29-20-6-4-3-5-18(20)25/h3-6,13-14H,7-12,15H2,1-2H3. The summed E-state index contributed by atoms with van der Waals surface area (Å²) < 4.78 is 12.0. The summed E-state index contributed by atoms with van der Waals surface area (Å²) in [4.78, 5) is 27.3. The van der Waals surface area contributed by atoms with E-state index < -0.39 is 5.60 Å². The molecule has 4 rings (SSSR count). The van der Waals surface area contributed by atoms with Gasteiger partial charge in [-0.2, -0.15) is 0 Å². The first-order valence-corrected chi connectivity index (χ1v) is 10.7. The summed E-state index contributed by atoms with van der Waals surface area (Å²) in [5.41, 5.74) is 2.26. The summed E-state index contributed by atoms with van der Waals surface area (Å²) in [5, 5.41) is 0.537. The third-order valence-electron chi connectivity index (χ3n) is 5.97. The maximum atomic E-state index is 12.8. The topological polar surface area (TPSA) is 55.8 Å². The summed E-state index contributed by atoms with van der Waals surface area (Å²) in [7, 11) is 0. The fraction of sp³-hybridized carbons (Fsp3) is 0.417. The van der Waals surface area contributed by atoms with Gasteiger partial charge in [0.25, 0.3) is 0 Å². The van der Waals surface area contributed by atoms with Gasteiger partial charge in [-0.25, -0.2) is 0 Å². The Balaban J connectivity index is 1.34. The first kappa shape index (κ1) is 20.7.